The highest BCUT2D eigenvalue weighted by Crippen LogP contribution is 2.15. The van der Waals surface area contributed by atoms with Gasteiger partial charge in [0.2, 0.25) is 5.91 Å². The van der Waals surface area contributed by atoms with Crippen molar-refractivity contribution in [1.82, 2.24) is 5.32 Å². The van der Waals surface area contributed by atoms with E-state index in [-0.39, 0.29) is 17.6 Å². The summed E-state index contributed by atoms with van der Waals surface area (Å²) in [5.41, 5.74) is 1.41. The summed E-state index contributed by atoms with van der Waals surface area (Å²) in [6.45, 7) is 3.27. The van der Waals surface area contributed by atoms with Crippen LogP contribution >= 0.6 is 0 Å². The molecule has 1 saturated heterocycles. The van der Waals surface area contributed by atoms with Gasteiger partial charge >= 0.3 is 0 Å². The van der Waals surface area contributed by atoms with Crippen LogP contribution < -0.4 is 10.6 Å². The number of benzene rings is 1. The second kappa shape index (κ2) is 5.78. The Bertz CT molecular complexity index is 434. The maximum atomic E-state index is 12.0. The lowest BCUT2D eigenvalue weighted by molar-refractivity contribution is -0.120. The second-order valence-corrected chi connectivity index (χ2v) is 4.67. The Hall–Kier alpha value is -1.68. The number of rotatable bonds is 3. The minimum atomic E-state index is 0.0318. The van der Waals surface area contributed by atoms with Crippen molar-refractivity contribution < 1.29 is 9.59 Å². The van der Waals surface area contributed by atoms with E-state index in [0.717, 1.165) is 31.6 Å². The largest absolute Gasteiger partial charge is 0.326 e. The van der Waals surface area contributed by atoms with E-state index in [1.165, 1.54) is 6.92 Å². The van der Waals surface area contributed by atoms with E-state index in [0.29, 0.717) is 5.56 Å². The summed E-state index contributed by atoms with van der Waals surface area (Å²) in [5, 5.41) is 6.11. The normalized spacial score (nSPS) is 19.3. The third kappa shape index (κ3) is 3.17. The fraction of sp³-hybridized carbons (Fsp3) is 0.429. The molecule has 1 aliphatic heterocycles. The minimum absolute atomic E-state index is 0.0318. The molecule has 1 unspecified atom stereocenters. The van der Waals surface area contributed by atoms with Gasteiger partial charge in [0.05, 0.1) is 5.92 Å². The van der Waals surface area contributed by atoms with E-state index in [2.05, 4.69) is 10.6 Å². The van der Waals surface area contributed by atoms with E-state index in [1.54, 1.807) is 24.3 Å². The number of piperidine rings is 1. The van der Waals surface area contributed by atoms with E-state index < -0.39 is 0 Å². The first-order valence-electron chi connectivity index (χ1n) is 6.29. The van der Waals surface area contributed by atoms with Crippen LogP contribution in [0.2, 0.25) is 0 Å². The van der Waals surface area contributed by atoms with E-state index in [1.807, 2.05) is 0 Å². The number of amides is 1. The number of ketones is 1. The molecular weight excluding hydrogens is 228 g/mol. The van der Waals surface area contributed by atoms with Crippen LogP contribution in [0.4, 0.5) is 5.69 Å². The highest BCUT2D eigenvalue weighted by molar-refractivity contribution is 5.96. The number of hydrogen-bond acceptors (Lipinski definition) is 3. The zero-order chi connectivity index (χ0) is 13.0. The van der Waals surface area contributed by atoms with Crippen molar-refractivity contribution in [3.63, 3.8) is 0 Å². The lowest BCUT2D eigenvalue weighted by Crippen LogP contribution is -2.37. The van der Waals surface area contributed by atoms with Crippen LogP contribution in [0.1, 0.15) is 30.1 Å². The lowest BCUT2D eigenvalue weighted by atomic mass is 9.99. The number of nitrogens with one attached hydrogen (secondary N) is 2. The SMILES string of the molecule is CC(=O)c1ccc(NC(=O)C2CCCNC2)cc1. The fourth-order valence-electron chi connectivity index (χ4n) is 2.11. The molecule has 1 fully saturated rings. The monoisotopic (exact) mass is 246 g/mol. The molecular formula is C14H18N2O2. The van der Waals surface area contributed by atoms with Crippen molar-refractivity contribution in [2.75, 3.05) is 18.4 Å². The molecule has 1 heterocycles. The van der Waals surface area contributed by atoms with E-state index in [9.17, 15) is 9.59 Å². The summed E-state index contributed by atoms with van der Waals surface area (Å²) >= 11 is 0. The number of carbonyl (C=O) groups is 2. The Morgan fingerprint density at radius 2 is 2.00 bits per heavy atom. The van der Waals surface area contributed by atoms with Gasteiger partial charge in [0.25, 0.3) is 0 Å². The predicted molar refractivity (Wildman–Crippen MR) is 70.7 cm³/mol. The van der Waals surface area contributed by atoms with Crippen LogP contribution in [0, 0.1) is 5.92 Å². The summed E-state index contributed by atoms with van der Waals surface area (Å²) < 4.78 is 0. The zero-order valence-corrected chi connectivity index (χ0v) is 10.5. The molecule has 0 bridgehead atoms. The van der Waals surface area contributed by atoms with Gasteiger partial charge in [-0.05, 0) is 50.6 Å². The highest BCUT2D eigenvalue weighted by Gasteiger charge is 2.20. The maximum absolute atomic E-state index is 12.0. The van der Waals surface area contributed by atoms with Gasteiger partial charge in [0, 0.05) is 17.8 Å². The van der Waals surface area contributed by atoms with Gasteiger partial charge in [0.1, 0.15) is 0 Å². The standard InChI is InChI=1S/C14H18N2O2/c1-10(17)11-4-6-13(7-5-11)16-14(18)12-3-2-8-15-9-12/h4-7,12,15H,2-3,8-9H2,1H3,(H,16,18). The number of Topliss-reactive ketones (excluding diaryl/α,β-unsaturated/α-hetero) is 1. The Morgan fingerprint density at radius 1 is 1.28 bits per heavy atom. The van der Waals surface area contributed by atoms with Crippen LogP contribution in [-0.4, -0.2) is 24.8 Å². The van der Waals surface area contributed by atoms with Crippen molar-refractivity contribution in [1.29, 1.82) is 0 Å². The van der Waals surface area contributed by atoms with Crippen LogP contribution in [0.15, 0.2) is 24.3 Å². The third-order valence-corrected chi connectivity index (χ3v) is 3.23. The molecule has 1 atom stereocenters. The quantitative estimate of drug-likeness (QED) is 0.800. The first kappa shape index (κ1) is 12.8. The number of carbonyl (C=O) groups excluding carboxylic acids is 2. The number of hydrogen-bond donors (Lipinski definition) is 2. The molecule has 2 rings (SSSR count). The number of anilines is 1. The van der Waals surface area contributed by atoms with Gasteiger partial charge < -0.3 is 10.6 Å². The molecule has 0 saturated carbocycles. The topological polar surface area (TPSA) is 58.2 Å². The van der Waals surface area contributed by atoms with Crippen molar-refractivity contribution >= 4 is 17.4 Å². The lowest BCUT2D eigenvalue weighted by Gasteiger charge is -2.21. The first-order valence-corrected chi connectivity index (χ1v) is 6.29. The maximum Gasteiger partial charge on any atom is 0.228 e. The summed E-state index contributed by atoms with van der Waals surface area (Å²) in [6, 6.07) is 7.00. The highest BCUT2D eigenvalue weighted by atomic mass is 16.2. The third-order valence-electron chi connectivity index (χ3n) is 3.23. The van der Waals surface area contributed by atoms with E-state index in [4.69, 9.17) is 0 Å². The molecule has 1 aromatic rings. The second-order valence-electron chi connectivity index (χ2n) is 4.67. The van der Waals surface area contributed by atoms with Crippen molar-refractivity contribution in [3.8, 4) is 0 Å². The summed E-state index contributed by atoms with van der Waals surface area (Å²) in [6.07, 6.45) is 1.98. The van der Waals surface area contributed by atoms with Crippen molar-refractivity contribution in [3.05, 3.63) is 29.8 Å². The van der Waals surface area contributed by atoms with Crippen LogP contribution in [0.3, 0.4) is 0 Å². The predicted octanol–water partition coefficient (Wildman–Crippen LogP) is 1.83. The molecule has 1 aliphatic rings. The summed E-state index contributed by atoms with van der Waals surface area (Å²) in [4.78, 5) is 23.1. The van der Waals surface area contributed by atoms with Gasteiger partial charge in [-0.15, -0.1) is 0 Å². The molecule has 1 aromatic carbocycles. The molecule has 18 heavy (non-hydrogen) atoms. The first-order chi connectivity index (χ1) is 8.66. The molecule has 0 aromatic heterocycles. The molecule has 96 valence electrons. The van der Waals surface area contributed by atoms with Gasteiger partial charge in [-0.1, -0.05) is 0 Å². The van der Waals surface area contributed by atoms with Gasteiger partial charge in [0.15, 0.2) is 5.78 Å². The molecule has 4 nitrogen and oxygen atoms in total. The minimum Gasteiger partial charge on any atom is -0.326 e. The zero-order valence-electron chi connectivity index (χ0n) is 10.5. The Labute approximate surface area is 107 Å². The van der Waals surface area contributed by atoms with Crippen LogP contribution in [0.25, 0.3) is 0 Å². The fourth-order valence-corrected chi connectivity index (χ4v) is 2.11. The Kier molecular flexibility index (Phi) is 4.10. The average Bonchev–Trinajstić information content (AvgIpc) is 2.40. The molecule has 0 radical (unpaired) electrons. The molecule has 0 spiro atoms. The molecule has 0 aliphatic carbocycles. The van der Waals surface area contributed by atoms with Gasteiger partial charge in [-0.25, -0.2) is 0 Å². The van der Waals surface area contributed by atoms with Crippen LogP contribution in [0.5, 0.6) is 0 Å². The van der Waals surface area contributed by atoms with E-state index >= 15 is 0 Å². The van der Waals surface area contributed by atoms with Crippen LogP contribution in [-0.2, 0) is 4.79 Å². The van der Waals surface area contributed by atoms with Gasteiger partial charge in [-0.2, -0.15) is 0 Å². The Morgan fingerprint density at radius 3 is 2.56 bits per heavy atom. The smallest absolute Gasteiger partial charge is 0.228 e. The van der Waals surface area contributed by atoms with Crippen molar-refractivity contribution in [2.45, 2.75) is 19.8 Å². The van der Waals surface area contributed by atoms with Crippen molar-refractivity contribution in [2.24, 2.45) is 5.92 Å². The summed E-state index contributed by atoms with van der Waals surface area (Å²) in [5.74, 6) is 0.133. The summed E-state index contributed by atoms with van der Waals surface area (Å²) in [7, 11) is 0. The Balaban J connectivity index is 1.96. The molecule has 4 heteroatoms. The molecule has 2 N–H and O–H groups in total. The average molecular weight is 246 g/mol. The van der Waals surface area contributed by atoms with Gasteiger partial charge in [-0.3, -0.25) is 9.59 Å². The molecule has 1 amide bonds.